The molecule has 0 unspecified atom stereocenters. The zero-order valence-corrected chi connectivity index (χ0v) is 16.7. The van der Waals surface area contributed by atoms with Gasteiger partial charge in [-0.15, -0.1) is 0 Å². The van der Waals surface area contributed by atoms with Crippen molar-refractivity contribution in [2.45, 2.75) is 6.61 Å². The lowest BCUT2D eigenvalue weighted by Crippen LogP contribution is -2.03. The highest BCUT2D eigenvalue weighted by molar-refractivity contribution is 6.32. The summed E-state index contributed by atoms with van der Waals surface area (Å²) in [5.74, 6) is -0.621. The topological polar surface area (TPSA) is 59.4 Å². The molecule has 1 N–H and O–H groups in total. The van der Waals surface area contributed by atoms with E-state index >= 15 is 0 Å². The fourth-order valence-electron chi connectivity index (χ4n) is 3.23. The Bertz CT molecular complexity index is 1180. The SMILES string of the molecule is O=C(O)c1cccc(-c2c(-c3ccccc3)ccc(Cl)c2OCc2ccccc2)n1. The van der Waals surface area contributed by atoms with Gasteiger partial charge >= 0.3 is 5.97 Å². The lowest BCUT2D eigenvalue weighted by Gasteiger charge is -2.18. The van der Waals surface area contributed by atoms with Crippen molar-refractivity contribution < 1.29 is 14.6 Å². The Morgan fingerprint density at radius 2 is 1.57 bits per heavy atom. The van der Waals surface area contributed by atoms with Gasteiger partial charge in [0, 0.05) is 0 Å². The Labute approximate surface area is 179 Å². The number of aromatic carboxylic acids is 1. The maximum absolute atomic E-state index is 11.5. The molecule has 148 valence electrons. The molecule has 0 bridgehead atoms. The van der Waals surface area contributed by atoms with Gasteiger partial charge in [0.1, 0.15) is 18.1 Å². The second-order valence-corrected chi connectivity index (χ2v) is 7.06. The van der Waals surface area contributed by atoms with Gasteiger partial charge in [-0.2, -0.15) is 0 Å². The van der Waals surface area contributed by atoms with Crippen molar-refractivity contribution >= 4 is 17.6 Å². The molecule has 0 spiro atoms. The molecule has 4 aromatic rings. The van der Waals surface area contributed by atoms with E-state index in [1.54, 1.807) is 18.2 Å². The highest BCUT2D eigenvalue weighted by Crippen LogP contribution is 2.43. The van der Waals surface area contributed by atoms with E-state index in [2.05, 4.69) is 4.98 Å². The molecule has 0 radical (unpaired) electrons. The van der Waals surface area contributed by atoms with E-state index in [4.69, 9.17) is 16.3 Å². The summed E-state index contributed by atoms with van der Waals surface area (Å²) >= 11 is 6.54. The molecule has 1 aromatic heterocycles. The molecule has 0 saturated heterocycles. The van der Waals surface area contributed by atoms with Crippen molar-refractivity contribution in [2.24, 2.45) is 0 Å². The monoisotopic (exact) mass is 415 g/mol. The quantitative estimate of drug-likeness (QED) is 0.398. The number of hydrogen-bond donors (Lipinski definition) is 1. The Balaban J connectivity index is 1.88. The second kappa shape index (κ2) is 8.80. The van der Waals surface area contributed by atoms with Crippen LogP contribution in [0.5, 0.6) is 5.75 Å². The molecule has 30 heavy (non-hydrogen) atoms. The van der Waals surface area contributed by atoms with E-state index in [1.807, 2.05) is 66.7 Å². The summed E-state index contributed by atoms with van der Waals surface area (Å²) in [5, 5.41) is 9.83. The number of ether oxygens (including phenoxy) is 1. The summed E-state index contributed by atoms with van der Waals surface area (Å²) < 4.78 is 6.15. The highest BCUT2D eigenvalue weighted by atomic mass is 35.5. The van der Waals surface area contributed by atoms with Gasteiger partial charge in [-0.1, -0.05) is 84.4 Å². The number of benzene rings is 3. The predicted molar refractivity (Wildman–Crippen MR) is 118 cm³/mol. The van der Waals surface area contributed by atoms with E-state index in [9.17, 15) is 9.90 Å². The first-order valence-electron chi connectivity index (χ1n) is 9.39. The highest BCUT2D eigenvalue weighted by Gasteiger charge is 2.19. The van der Waals surface area contributed by atoms with Crippen LogP contribution >= 0.6 is 11.6 Å². The number of aromatic nitrogens is 1. The van der Waals surface area contributed by atoms with E-state index in [0.717, 1.165) is 16.7 Å². The van der Waals surface area contributed by atoms with Gasteiger partial charge in [-0.25, -0.2) is 9.78 Å². The lowest BCUT2D eigenvalue weighted by atomic mass is 9.96. The van der Waals surface area contributed by atoms with Crippen LogP contribution in [0.4, 0.5) is 0 Å². The number of carboxylic acid groups (broad SMARTS) is 1. The Kier molecular flexibility index (Phi) is 5.77. The maximum atomic E-state index is 11.5. The van der Waals surface area contributed by atoms with Crippen molar-refractivity contribution in [1.29, 1.82) is 0 Å². The molecule has 0 amide bonds. The molecule has 1 heterocycles. The molecule has 0 saturated carbocycles. The second-order valence-electron chi connectivity index (χ2n) is 6.65. The van der Waals surface area contributed by atoms with Crippen molar-refractivity contribution in [2.75, 3.05) is 0 Å². The average molecular weight is 416 g/mol. The third kappa shape index (κ3) is 4.19. The number of hydrogen-bond acceptors (Lipinski definition) is 3. The minimum Gasteiger partial charge on any atom is -0.487 e. The van der Waals surface area contributed by atoms with Gasteiger partial charge in [0.25, 0.3) is 0 Å². The summed E-state index contributed by atoms with van der Waals surface area (Å²) in [6.07, 6.45) is 0. The van der Waals surface area contributed by atoms with Gasteiger partial charge in [0.2, 0.25) is 0 Å². The van der Waals surface area contributed by atoms with E-state index < -0.39 is 5.97 Å². The number of carbonyl (C=O) groups is 1. The van der Waals surface area contributed by atoms with Crippen LogP contribution in [0.3, 0.4) is 0 Å². The first-order chi connectivity index (χ1) is 14.6. The third-order valence-corrected chi connectivity index (χ3v) is 4.94. The van der Waals surface area contributed by atoms with Gasteiger partial charge < -0.3 is 9.84 Å². The molecular formula is C25H18ClNO3. The zero-order chi connectivity index (χ0) is 20.9. The first-order valence-corrected chi connectivity index (χ1v) is 9.76. The van der Waals surface area contributed by atoms with Crippen molar-refractivity contribution in [1.82, 2.24) is 4.98 Å². The molecule has 4 rings (SSSR count). The number of pyridine rings is 1. The molecule has 0 aliphatic carbocycles. The number of rotatable bonds is 6. The van der Waals surface area contributed by atoms with Crippen LogP contribution in [0.2, 0.25) is 5.02 Å². The van der Waals surface area contributed by atoms with Crippen LogP contribution in [0.25, 0.3) is 22.4 Å². The van der Waals surface area contributed by atoms with Gasteiger partial charge in [0.05, 0.1) is 16.3 Å². The fourth-order valence-corrected chi connectivity index (χ4v) is 3.45. The number of halogens is 1. The summed E-state index contributed by atoms with van der Waals surface area (Å²) in [6.45, 7) is 0.324. The lowest BCUT2D eigenvalue weighted by molar-refractivity contribution is 0.0690. The van der Waals surface area contributed by atoms with Crippen molar-refractivity contribution in [3.63, 3.8) is 0 Å². The maximum Gasteiger partial charge on any atom is 0.354 e. The zero-order valence-electron chi connectivity index (χ0n) is 16.0. The standard InChI is InChI=1S/C25H18ClNO3/c26-20-15-14-19(18-10-5-2-6-11-18)23(21-12-7-13-22(27-21)25(28)29)24(20)30-16-17-8-3-1-4-9-17/h1-15H,16H2,(H,28,29). The summed E-state index contributed by atoms with van der Waals surface area (Å²) in [6, 6.07) is 28.1. The van der Waals surface area contributed by atoms with Crippen LogP contribution in [0.15, 0.2) is 91.0 Å². The summed E-state index contributed by atoms with van der Waals surface area (Å²) in [7, 11) is 0. The summed E-state index contributed by atoms with van der Waals surface area (Å²) in [4.78, 5) is 15.8. The Morgan fingerprint density at radius 3 is 2.27 bits per heavy atom. The molecule has 5 heteroatoms. The van der Waals surface area contributed by atoms with E-state index in [0.29, 0.717) is 28.6 Å². The van der Waals surface area contributed by atoms with Crippen LogP contribution in [-0.2, 0) is 6.61 Å². The molecule has 0 aliphatic rings. The van der Waals surface area contributed by atoms with Crippen LogP contribution in [0.1, 0.15) is 16.1 Å². The molecule has 0 atom stereocenters. The van der Waals surface area contributed by atoms with Gasteiger partial charge in [-0.05, 0) is 34.9 Å². The van der Waals surface area contributed by atoms with E-state index in [1.165, 1.54) is 6.07 Å². The predicted octanol–water partition coefficient (Wildman–Crippen LogP) is 6.35. The van der Waals surface area contributed by atoms with Gasteiger partial charge in [0.15, 0.2) is 0 Å². The molecule has 4 nitrogen and oxygen atoms in total. The number of carboxylic acids is 1. The molecular weight excluding hydrogens is 398 g/mol. The van der Waals surface area contributed by atoms with Crippen LogP contribution < -0.4 is 4.74 Å². The minimum absolute atomic E-state index is 0.0412. The van der Waals surface area contributed by atoms with Crippen molar-refractivity contribution in [3.05, 3.63) is 107 Å². The van der Waals surface area contributed by atoms with Crippen LogP contribution in [0, 0.1) is 0 Å². The first kappa shape index (κ1) is 19.7. The van der Waals surface area contributed by atoms with E-state index in [-0.39, 0.29) is 5.69 Å². The average Bonchev–Trinajstić information content (AvgIpc) is 2.79. The molecule has 0 aliphatic heterocycles. The summed E-state index contributed by atoms with van der Waals surface area (Å²) in [5.41, 5.74) is 3.92. The smallest absolute Gasteiger partial charge is 0.354 e. The molecule has 0 fully saturated rings. The number of nitrogens with zero attached hydrogens (tertiary/aromatic N) is 1. The van der Waals surface area contributed by atoms with Crippen molar-refractivity contribution in [3.8, 4) is 28.1 Å². The molecule has 3 aromatic carbocycles. The van der Waals surface area contributed by atoms with Crippen LogP contribution in [-0.4, -0.2) is 16.1 Å². The normalized spacial score (nSPS) is 10.6. The Hall–Kier alpha value is -3.63. The Morgan fingerprint density at radius 1 is 0.867 bits per heavy atom. The fraction of sp³-hybridized carbons (Fsp3) is 0.0400. The largest absolute Gasteiger partial charge is 0.487 e. The third-order valence-electron chi connectivity index (χ3n) is 4.64. The minimum atomic E-state index is -1.09. The van der Waals surface area contributed by atoms with Gasteiger partial charge in [-0.3, -0.25) is 0 Å².